The van der Waals surface area contributed by atoms with Crippen LogP contribution < -0.4 is 0 Å². The number of Topliss-reactive ketones (excluding diaryl/α,β-unsaturated/α-hetero) is 1. The fraction of sp³-hybridized carbons (Fsp3) is 0.710. The molecule has 0 aromatic carbocycles. The third-order valence-electron chi connectivity index (χ3n) is 10.5. The molecule has 0 spiro atoms. The Kier molecular flexibility index (Phi) is 8.53. The quantitative estimate of drug-likeness (QED) is 0.237. The van der Waals surface area contributed by atoms with Crippen molar-refractivity contribution >= 4 is 45.4 Å². The van der Waals surface area contributed by atoms with Gasteiger partial charge in [0.25, 0.3) is 0 Å². The molecule has 1 unspecified atom stereocenters. The van der Waals surface area contributed by atoms with Crippen LogP contribution in [0.1, 0.15) is 80.1 Å². The van der Waals surface area contributed by atoms with Gasteiger partial charge in [-0.3, -0.25) is 24.0 Å². The Morgan fingerprint density at radius 3 is 2.27 bits per heavy atom. The Hall–Kier alpha value is -2.33. The zero-order valence-corrected chi connectivity index (χ0v) is 26.2. The first-order valence-electron chi connectivity index (χ1n) is 14.6. The molecule has 0 heterocycles. The zero-order chi connectivity index (χ0) is 30.5. The number of aliphatic hydroxyl groups excluding tert-OH is 1. The molecule has 0 bridgehead atoms. The van der Waals surface area contributed by atoms with Gasteiger partial charge in [0.1, 0.15) is 12.2 Å². The van der Waals surface area contributed by atoms with Crippen molar-refractivity contribution in [1.29, 1.82) is 0 Å². The summed E-state index contributed by atoms with van der Waals surface area (Å²) in [6.07, 6.45) is 4.02. The topological polar surface area (TPSA) is 133 Å². The second-order valence-electron chi connectivity index (χ2n) is 12.3. The maximum atomic E-state index is 14.2. The van der Waals surface area contributed by atoms with Gasteiger partial charge in [0.2, 0.25) is 5.78 Å². The number of hydrogen-bond acceptors (Lipinski definition) is 9. The molecule has 4 aliphatic carbocycles. The van der Waals surface area contributed by atoms with Crippen LogP contribution in [-0.2, 0) is 38.2 Å². The van der Waals surface area contributed by atoms with Gasteiger partial charge in [-0.05, 0) is 43.3 Å². The number of aliphatic hydroxyl groups is 1. The summed E-state index contributed by atoms with van der Waals surface area (Å²) in [6, 6.07) is 0. The van der Waals surface area contributed by atoms with Crippen LogP contribution in [0.2, 0.25) is 0 Å². The van der Waals surface area contributed by atoms with Crippen molar-refractivity contribution in [2.24, 2.45) is 28.6 Å². The fourth-order valence-electron chi connectivity index (χ4n) is 8.37. The number of esters is 3. The van der Waals surface area contributed by atoms with Crippen LogP contribution >= 0.6 is 15.9 Å². The molecule has 4 aliphatic rings. The van der Waals surface area contributed by atoms with Gasteiger partial charge >= 0.3 is 17.9 Å². The van der Waals surface area contributed by atoms with E-state index in [0.717, 1.165) is 5.57 Å². The average Bonchev–Trinajstić information content (AvgIpc) is 3.17. The Balaban J connectivity index is 1.95. The van der Waals surface area contributed by atoms with E-state index >= 15 is 0 Å². The standard InChI is InChI=1S/C31H41BrO9/c1-7-23(35)39-16-22(34)31(41-25(37)9-3)17(4)14-21-20-11-10-18-15-19(33)12-13-28(18,5)30(20,32)26(38)27(29(21,31)6)40-24(36)8-2/h12-13,15,17,20-21,26-27,38H,7-11,14,16H2,1-6H3/t17-,20?,21-,26-,27+,28-,29+,30-,31-/m0/s1. The van der Waals surface area contributed by atoms with Gasteiger partial charge in [-0.15, -0.1) is 0 Å². The van der Waals surface area contributed by atoms with E-state index in [4.69, 9.17) is 14.2 Å². The maximum Gasteiger partial charge on any atom is 0.306 e. The third kappa shape index (κ3) is 4.37. The first-order chi connectivity index (χ1) is 19.2. The normalized spacial score (nSPS) is 40.9. The van der Waals surface area contributed by atoms with Crippen molar-refractivity contribution in [1.82, 2.24) is 0 Å². The summed E-state index contributed by atoms with van der Waals surface area (Å²) < 4.78 is 16.4. The summed E-state index contributed by atoms with van der Waals surface area (Å²) in [5.41, 5.74) is -3.11. The van der Waals surface area contributed by atoms with Crippen LogP contribution in [0.5, 0.6) is 0 Å². The molecule has 4 rings (SSSR count). The Morgan fingerprint density at radius 2 is 1.66 bits per heavy atom. The highest BCUT2D eigenvalue weighted by Gasteiger charge is 2.80. The van der Waals surface area contributed by atoms with Gasteiger partial charge in [0.15, 0.2) is 18.0 Å². The number of ketones is 2. The fourth-order valence-corrected chi connectivity index (χ4v) is 9.55. The average molecular weight is 638 g/mol. The van der Waals surface area contributed by atoms with Crippen molar-refractivity contribution in [3.63, 3.8) is 0 Å². The maximum absolute atomic E-state index is 14.2. The van der Waals surface area contributed by atoms with E-state index in [-0.39, 0.29) is 36.9 Å². The summed E-state index contributed by atoms with van der Waals surface area (Å²) in [5, 5.41) is 12.4. The molecule has 1 N–H and O–H groups in total. The smallest absolute Gasteiger partial charge is 0.306 e. The predicted octanol–water partition coefficient (Wildman–Crippen LogP) is 4.17. The lowest BCUT2D eigenvalue weighted by Gasteiger charge is -2.66. The molecule has 0 saturated heterocycles. The molecule has 9 nitrogen and oxygen atoms in total. The van der Waals surface area contributed by atoms with Crippen LogP contribution in [0, 0.1) is 28.6 Å². The number of carbonyl (C=O) groups is 5. The van der Waals surface area contributed by atoms with Gasteiger partial charge in [0, 0.05) is 30.6 Å². The van der Waals surface area contributed by atoms with Gasteiger partial charge in [-0.25, -0.2) is 0 Å². The predicted molar refractivity (Wildman–Crippen MR) is 152 cm³/mol. The van der Waals surface area contributed by atoms with E-state index in [0.29, 0.717) is 19.3 Å². The van der Waals surface area contributed by atoms with Crippen LogP contribution in [0.3, 0.4) is 0 Å². The molecule has 41 heavy (non-hydrogen) atoms. The second kappa shape index (κ2) is 11.1. The van der Waals surface area contributed by atoms with E-state index in [1.807, 2.05) is 19.9 Å². The van der Waals surface area contributed by atoms with Crippen LogP contribution in [0.15, 0.2) is 23.8 Å². The number of hydrogen-bond donors (Lipinski definition) is 1. The zero-order valence-electron chi connectivity index (χ0n) is 24.7. The lowest BCUT2D eigenvalue weighted by molar-refractivity contribution is -0.242. The highest BCUT2D eigenvalue weighted by Crippen LogP contribution is 2.73. The number of fused-ring (bicyclic) bond motifs is 5. The Bertz CT molecular complexity index is 1210. The lowest BCUT2D eigenvalue weighted by atomic mass is 9.45. The van der Waals surface area contributed by atoms with Crippen molar-refractivity contribution in [2.75, 3.05) is 6.61 Å². The molecule has 10 heteroatoms. The van der Waals surface area contributed by atoms with Crippen molar-refractivity contribution in [3.8, 4) is 0 Å². The summed E-state index contributed by atoms with van der Waals surface area (Å²) in [7, 11) is 0. The molecule has 0 aromatic heterocycles. The number of carbonyl (C=O) groups excluding carboxylic acids is 5. The van der Waals surface area contributed by atoms with Gasteiger partial charge in [0.05, 0.1) is 9.74 Å². The number of allylic oxidation sites excluding steroid dienone is 4. The third-order valence-corrected chi connectivity index (χ3v) is 12.3. The van der Waals surface area contributed by atoms with E-state index in [1.165, 1.54) is 6.08 Å². The summed E-state index contributed by atoms with van der Waals surface area (Å²) in [6.45, 7) is 9.81. The minimum atomic E-state index is -1.83. The lowest BCUT2D eigenvalue weighted by Crippen LogP contribution is -2.76. The summed E-state index contributed by atoms with van der Waals surface area (Å²) in [4.78, 5) is 64.6. The molecule has 0 aromatic rings. The van der Waals surface area contributed by atoms with Gasteiger partial charge in [-0.2, -0.15) is 0 Å². The van der Waals surface area contributed by atoms with Crippen LogP contribution in [0.25, 0.3) is 0 Å². The van der Waals surface area contributed by atoms with Gasteiger partial charge in [-0.1, -0.05) is 69.1 Å². The Labute approximate surface area is 249 Å². The van der Waals surface area contributed by atoms with E-state index in [2.05, 4.69) is 15.9 Å². The molecular formula is C31H41BrO9. The minimum Gasteiger partial charge on any atom is -0.459 e. The highest BCUT2D eigenvalue weighted by molar-refractivity contribution is 9.10. The van der Waals surface area contributed by atoms with Gasteiger partial charge < -0.3 is 19.3 Å². The summed E-state index contributed by atoms with van der Waals surface area (Å²) in [5.74, 6) is -3.63. The molecule has 0 amide bonds. The van der Waals surface area contributed by atoms with E-state index in [1.54, 1.807) is 33.8 Å². The molecular weight excluding hydrogens is 596 g/mol. The van der Waals surface area contributed by atoms with Crippen molar-refractivity contribution < 1.29 is 43.3 Å². The SMILES string of the molecule is CCC(=O)OCC(=O)[C@@]1(OC(=O)CC)[C@@H](C)C[C@H]2C3CCC4=CC(=O)C=C[C@]4(C)[C@@]3(Br)[C@@H](O)[C@@H](OC(=O)CC)[C@@]21C. The molecule has 9 atom stereocenters. The molecule has 0 aliphatic heterocycles. The molecule has 0 radical (unpaired) electrons. The molecule has 226 valence electrons. The highest BCUT2D eigenvalue weighted by atomic mass is 79.9. The Morgan fingerprint density at radius 1 is 1.02 bits per heavy atom. The number of ether oxygens (including phenoxy) is 3. The van der Waals surface area contributed by atoms with Crippen LogP contribution in [-0.4, -0.2) is 63.3 Å². The van der Waals surface area contributed by atoms with Crippen molar-refractivity contribution in [3.05, 3.63) is 23.8 Å². The number of alkyl halides is 1. The van der Waals surface area contributed by atoms with Crippen molar-refractivity contribution in [2.45, 2.75) is 102 Å². The first-order valence-corrected chi connectivity index (χ1v) is 15.4. The second-order valence-corrected chi connectivity index (χ2v) is 13.6. The molecule has 3 fully saturated rings. The van der Waals surface area contributed by atoms with Crippen LogP contribution in [0.4, 0.5) is 0 Å². The number of halogens is 1. The molecule has 3 saturated carbocycles. The largest absolute Gasteiger partial charge is 0.459 e. The summed E-state index contributed by atoms with van der Waals surface area (Å²) >= 11 is 3.98. The van der Waals surface area contributed by atoms with E-state index < -0.39 is 69.2 Å². The number of rotatable bonds is 8. The minimum absolute atomic E-state index is 0.00390. The first kappa shape index (κ1) is 31.6. The van der Waals surface area contributed by atoms with E-state index in [9.17, 15) is 29.1 Å². The monoisotopic (exact) mass is 636 g/mol.